The lowest BCUT2D eigenvalue weighted by Gasteiger charge is -2.30. The summed E-state index contributed by atoms with van der Waals surface area (Å²) in [5.74, 6) is 1.56. The van der Waals surface area contributed by atoms with Gasteiger partial charge in [-0.15, -0.1) is 10.2 Å². The molecule has 0 atom stereocenters. The summed E-state index contributed by atoms with van der Waals surface area (Å²) in [6, 6.07) is 1.56. The molecule has 1 aliphatic rings. The number of nitrogens with zero attached hydrogens (tertiary/aromatic N) is 4. The summed E-state index contributed by atoms with van der Waals surface area (Å²) in [7, 11) is 0. The average molecular weight is 305 g/mol. The molecule has 8 nitrogen and oxygen atoms in total. The van der Waals surface area contributed by atoms with Crippen LogP contribution in [0.15, 0.2) is 21.3 Å². The Morgan fingerprint density at radius 1 is 1.41 bits per heavy atom. The van der Waals surface area contributed by atoms with Gasteiger partial charge in [0.1, 0.15) is 6.26 Å². The lowest BCUT2D eigenvalue weighted by molar-refractivity contribution is 0.0925. The molecule has 0 radical (unpaired) electrons. The molecule has 1 N–H and O–H groups in total. The van der Waals surface area contributed by atoms with Gasteiger partial charge in [-0.3, -0.25) is 9.69 Å². The minimum atomic E-state index is -0.183. The molecule has 3 heterocycles. The minimum absolute atomic E-state index is 0.183. The van der Waals surface area contributed by atoms with Crippen molar-refractivity contribution in [3.8, 4) is 0 Å². The van der Waals surface area contributed by atoms with Gasteiger partial charge >= 0.3 is 0 Å². The van der Waals surface area contributed by atoms with E-state index in [1.165, 1.54) is 6.26 Å². The molecule has 1 fully saturated rings. The van der Waals surface area contributed by atoms with Gasteiger partial charge < -0.3 is 14.3 Å². The maximum Gasteiger partial charge on any atom is 0.273 e. The van der Waals surface area contributed by atoms with E-state index < -0.39 is 0 Å². The van der Waals surface area contributed by atoms with E-state index in [1.54, 1.807) is 13.0 Å². The minimum Gasteiger partial charge on any atom is -0.424 e. The van der Waals surface area contributed by atoms with Gasteiger partial charge in [0.2, 0.25) is 11.8 Å². The first-order valence-corrected chi connectivity index (χ1v) is 7.40. The van der Waals surface area contributed by atoms with Crippen molar-refractivity contribution in [2.24, 2.45) is 5.92 Å². The Morgan fingerprint density at radius 3 is 2.86 bits per heavy atom. The monoisotopic (exact) mass is 305 g/mol. The number of nitrogens with one attached hydrogen (secondary N) is 1. The van der Waals surface area contributed by atoms with Crippen LogP contribution in [0, 0.1) is 12.8 Å². The predicted octanol–water partition coefficient (Wildman–Crippen LogP) is 1.01. The summed E-state index contributed by atoms with van der Waals surface area (Å²) < 4.78 is 10.1. The molecule has 0 bridgehead atoms. The molecule has 118 valence electrons. The SMILES string of the molecule is Cc1nnc(CN2CCC(CNC(=O)c3ccon3)CC2)o1. The highest BCUT2D eigenvalue weighted by atomic mass is 16.5. The molecule has 0 unspecified atom stereocenters. The maximum absolute atomic E-state index is 11.8. The van der Waals surface area contributed by atoms with Crippen LogP contribution in [0.1, 0.15) is 35.1 Å². The van der Waals surface area contributed by atoms with E-state index in [-0.39, 0.29) is 5.91 Å². The van der Waals surface area contributed by atoms with Gasteiger partial charge in [0.15, 0.2) is 5.69 Å². The smallest absolute Gasteiger partial charge is 0.273 e. The number of amides is 1. The Hall–Kier alpha value is -2.22. The molecule has 1 aliphatic heterocycles. The number of rotatable bonds is 5. The molecule has 0 saturated carbocycles. The van der Waals surface area contributed by atoms with E-state index >= 15 is 0 Å². The van der Waals surface area contributed by atoms with Crippen LogP contribution in [-0.4, -0.2) is 45.8 Å². The summed E-state index contributed by atoms with van der Waals surface area (Å²) in [6.45, 7) is 5.08. The summed E-state index contributed by atoms with van der Waals surface area (Å²) in [5.41, 5.74) is 0.323. The molecule has 2 aromatic rings. The fraction of sp³-hybridized carbons (Fsp3) is 0.571. The molecule has 22 heavy (non-hydrogen) atoms. The summed E-state index contributed by atoms with van der Waals surface area (Å²) in [5, 5.41) is 14.4. The third-order valence-corrected chi connectivity index (χ3v) is 3.86. The Balaban J connectivity index is 1.39. The van der Waals surface area contributed by atoms with Crippen LogP contribution in [-0.2, 0) is 6.54 Å². The Morgan fingerprint density at radius 2 is 2.23 bits per heavy atom. The van der Waals surface area contributed by atoms with Crippen LogP contribution < -0.4 is 5.32 Å². The first-order valence-electron chi connectivity index (χ1n) is 7.40. The van der Waals surface area contributed by atoms with E-state index in [1.807, 2.05) is 0 Å². The van der Waals surface area contributed by atoms with Crippen LogP contribution in [0.25, 0.3) is 0 Å². The Kier molecular flexibility index (Phi) is 4.47. The number of hydrogen-bond donors (Lipinski definition) is 1. The van der Waals surface area contributed by atoms with Gasteiger partial charge in [0.05, 0.1) is 6.54 Å². The van der Waals surface area contributed by atoms with Crippen molar-refractivity contribution in [1.82, 2.24) is 25.6 Å². The number of piperidine rings is 1. The standard InChI is InChI=1S/C14H19N5O3/c1-10-16-17-13(22-10)9-19-5-2-11(3-6-19)8-15-14(20)12-4-7-21-18-12/h4,7,11H,2-3,5-6,8-9H2,1H3,(H,15,20). The van der Waals surface area contributed by atoms with Crippen LogP contribution in [0.2, 0.25) is 0 Å². The second kappa shape index (κ2) is 6.69. The van der Waals surface area contributed by atoms with E-state index in [0.29, 0.717) is 36.5 Å². The Labute approximate surface area is 127 Å². The number of carbonyl (C=O) groups is 1. The summed E-state index contributed by atoms with van der Waals surface area (Å²) in [6.07, 6.45) is 3.46. The predicted molar refractivity (Wildman–Crippen MR) is 75.9 cm³/mol. The lowest BCUT2D eigenvalue weighted by Crippen LogP contribution is -2.38. The number of hydrogen-bond acceptors (Lipinski definition) is 7. The van der Waals surface area contributed by atoms with Gasteiger partial charge in [0.25, 0.3) is 5.91 Å². The van der Waals surface area contributed by atoms with E-state index in [9.17, 15) is 4.79 Å². The third-order valence-electron chi connectivity index (χ3n) is 3.86. The van der Waals surface area contributed by atoms with E-state index in [4.69, 9.17) is 4.42 Å². The topological polar surface area (TPSA) is 97.3 Å². The zero-order chi connectivity index (χ0) is 15.4. The summed E-state index contributed by atoms with van der Waals surface area (Å²) in [4.78, 5) is 14.1. The number of aryl methyl sites for hydroxylation is 1. The van der Waals surface area contributed by atoms with Crippen LogP contribution in [0.4, 0.5) is 0 Å². The number of likely N-dealkylation sites (tertiary alicyclic amines) is 1. The fourth-order valence-electron chi connectivity index (χ4n) is 2.60. The molecule has 1 saturated heterocycles. The van der Waals surface area contributed by atoms with Crippen molar-refractivity contribution in [2.75, 3.05) is 19.6 Å². The first kappa shape index (κ1) is 14.7. The highest BCUT2D eigenvalue weighted by Gasteiger charge is 2.21. The van der Waals surface area contributed by atoms with Crippen LogP contribution >= 0.6 is 0 Å². The third kappa shape index (κ3) is 3.70. The van der Waals surface area contributed by atoms with Crippen molar-refractivity contribution in [2.45, 2.75) is 26.3 Å². The van der Waals surface area contributed by atoms with Gasteiger partial charge in [-0.05, 0) is 31.8 Å². The van der Waals surface area contributed by atoms with Gasteiger partial charge in [-0.25, -0.2) is 0 Å². The average Bonchev–Trinajstić information content (AvgIpc) is 3.18. The molecule has 3 rings (SSSR count). The van der Waals surface area contributed by atoms with Gasteiger partial charge in [-0.1, -0.05) is 5.16 Å². The second-order valence-electron chi connectivity index (χ2n) is 5.53. The van der Waals surface area contributed by atoms with Crippen molar-refractivity contribution < 1.29 is 13.7 Å². The molecule has 1 amide bonds. The summed E-state index contributed by atoms with van der Waals surface area (Å²) >= 11 is 0. The van der Waals surface area contributed by atoms with Crippen molar-refractivity contribution in [3.05, 3.63) is 29.8 Å². The zero-order valence-corrected chi connectivity index (χ0v) is 12.5. The quantitative estimate of drug-likeness (QED) is 0.880. The van der Waals surface area contributed by atoms with E-state index in [2.05, 4.69) is 30.1 Å². The van der Waals surface area contributed by atoms with Crippen molar-refractivity contribution >= 4 is 5.91 Å². The number of aromatic nitrogens is 3. The highest BCUT2D eigenvalue weighted by Crippen LogP contribution is 2.18. The molecule has 0 aromatic carbocycles. The molecule has 0 aliphatic carbocycles. The maximum atomic E-state index is 11.8. The normalized spacial score (nSPS) is 16.8. The molecule has 8 heteroatoms. The van der Waals surface area contributed by atoms with Gasteiger partial charge in [-0.2, -0.15) is 0 Å². The molecular formula is C14H19N5O3. The van der Waals surface area contributed by atoms with Crippen molar-refractivity contribution in [1.29, 1.82) is 0 Å². The highest BCUT2D eigenvalue weighted by molar-refractivity contribution is 5.91. The molecule has 2 aromatic heterocycles. The zero-order valence-electron chi connectivity index (χ0n) is 12.5. The van der Waals surface area contributed by atoms with E-state index in [0.717, 1.165) is 25.9 Å². The molecule has 0 spiro atoms. The number of carbonyl (C=O) groups excluding carboxylic acids is 1. The van der Waals surface area contributed by atoms with Crippen LogP contribution in [0.5, 0.6) is 0 Å². The van der Waals surface area contributed by atoms with Crippen molar-refractivity contribution in [3.63, 3.8) is 0 Å². The Bertz CT molecular complexity index is 602. The lowest BCUT2D eigenvalue weighted by atomic mass is 9.97. The first-order chi connectivity index (χ1) is 10.7. The van der Waals surface area contributed by atoms with Gasteiger partial charge in [0, 0.05) is 19.5 Å². The van der Waals surface area contributed by atoms with Crippen LogP contribution in [0.3, 0.4) is 0 Å². The largest absolute Gasteiger partial charge is 0.424 e. The molecular weight excluding hydrogens is 286 g/mol. The second-order valence-corrected chi connectivity index (χ2v) is 5.53. The fourth-order valence-corrected chi connectivity index (χ4v) is 2.60.